The Morgan fingerprint density at radius 3 is 2.73 bits per heavy atom. The molecule has 0 saturated heterocycles. The van der Waals surface area contributed by atoms with Crippen LogP contribution < -0.4 is 10.1 Å². The average Bonchev–Trinajstić information content (AvgIpc) is 2.74. The first-order valence-corrected chi connectivity index (χ1v) is 8.26. The number of rotatable bonds is 6. The highest BCUT2D eigenvalue weighted by molar-refractivity contribution is 7.84. The van der Waals surface area contributed by atoms with Crippen LogP contribution in [0.5, 0.6) is 5.75 Å². The van der Waals surface area contributed by atoms with Crippen LogP contribution in [0.3, 0.4) is 0 Å². The van der Waals surface area contributed by atoms with Crippen molar-refractivity contribution in [3.05, 3.63) is 30.0 Å². The molecule has 2 rings (SSSR count). The first-order valence-electron chi connectivity index (χ1n) is 6.65. The Bertz CT molecular complexity index is 795. The number of amides is 1. The minimum Gasteiger partial charge on any atom is -0.497 e. The highest BCUT2D eigenvalue weighted by Crippen LogP contribution is 2.26. The molecule has 22 heavy (non-hydrogen) atoms. The molecule has 0 bridgehead atoms. The van der Waals surface area contributed by atoms with Crippen molar-refractivity contribution < 1.29 is 22.5 Å². The van der Waals surface area contributed by atoms with Gasteiger partial charge in [-0.15, -0.1) is 0 Å². The fourth-order valence-electron chi connectivity index (χ4n) is 2.33. The average molecular weight is 326 g/mol. The van der Waals surface area contributed by atoms with Crippen LogP contribution in [0.15, 0.2) is 24.4 Å². The maximum absolute atomic E-state index is 11.1. The normalized spacial score (nSPS) is 11.6. The lowest BCUT2D eigenvalue weighted by Gasteiger charge is -2.04. The summed E-state index contributed by atoms with van der Waals surface area (Å²) in [4.78, 5) is 10.9. The second kappa shape index (κ2) is 6.37. The van der Waals surface area contributed by atoms with E-state index in [-0.39, 0.29) is 5.91 Å². The number of fused-ring (bicyclic) bond motifs is 1. The fourth-order valence-corrected chi connectivity index (χ4v) is 2.90. The van der Waals surface area contributed by atoms with E-state index in [9.17, 15) is 13.2 Å². The zero-order chi connectivity index (χ0) is 16.3. The Hall–Kier alpha value is -2.06. The third kappa shape index (κ3) is 3.99. The Morgan fingerprint density at radius 1 is 1.41 bits per heavy atom. The Labute approximate surface area is 128 Å². The molecule has 0 unspecified atom stereocenters. The lowest BCUT2D eigenvalue weighted by atomic mass is 10.1. The van der Waals surface area contributed by atoms with Crippen LogP contribution in [0.4, 0.5) is 0 Å². The standard InChI is InChI=1S/C14H18N2O5S/c1-10(17)15-6-5-11-8-16(9-22(18,19)20)14-4-3-12(21-2)7-13(11)14/h3-4,7-8H,5-6,9H2,1-2H3,(H,15,17)(H,18,19,20). The van der Waals surface area contributed by atoms with Crippen LogP contribution in [0.2, 0.25) is 0 Å². The molecule has 1 aromatic heterocycles. The summed E-state index contributed by atoms with van der Waals surface area (Å²) in [6, 6.07) is 5.26. The monoisotopic (exact) mass is 326 g/mol. The number of nitrogens with zero attached hydrogens (tertiary/aromatic N) is 1. The summed E-state index contributed by atoms with van der Waals surface area (Å²) < 4.78 is 38.0. The molecular weight excluding hydrogens is 308 g/mol. The van der Waals surface area contributed by atoms with E-state index in [4.69, 9.17) is 9.29 Å². The van der Waals surface area contributed by atoms with Gasteiger partial charge in [0.05, 0.1) is 7.11 Å². The van der Waals surface area contributed by atoms with Gasteiger partial charge in [0.15, 0.2) is 0 Å². The highest BCUT2D eigenvalue weighted by atomic mass is 32.2. The molecule has 0 atom stereocenters. The van der Waals surface area contributed by atoms with Gasteiger partial charge in [-0.3, -0.25) is 9.35 Å². The topological polar surface area (TPSA) is 97.6 Å². The Kier molecular flexibility index (Phi) is 4.72. The maximum atomic E-state index is 11.1. The summed E-state index contributed by atoms with van der Waals surface area (Å²) in [5.41, 5.74) is 1.54. The minimum atomic E-state index is -4.14. The molecule has 2 aromatic rings. The van der Waals surface area contributed by atoms with Gasteiger partial charge in [-0.1, -0.05) is 0 Å². The van der Waals surface area contributed by atoms with Gasteiger partial charge in [0.2, 0.25) is 5.91 Å². The first-order chi connectivity index (χ1) is 10.3. The number of hydrogen-bond acceptors (Lipinski definition) is 4. The predicted octanol–water partition coefficient (Wildman–Crippen LogP) is 1.17. The van der Waals surface area contributed by atoms with Crippen LogP contribution in [0, 0.1) is 0 Å². The Balaban J connectivity index is 2.42. The number of benzene rings is 1. The van der Waals surface area contributed by atoms with Crippen molar-refractivity contribution in [2.24, 2.45) is 0 Å². The zero-order valence-corrected chi connectivity index (χ0v) is 13.2. The third-order valence-electron chi connectivity index (χ3n) is 3.24. The quantitative estimate of drug-likeness (QED) is 0.777. The molecule has 0 radical (unpaired) electrons. The number of carbonyl (C=O) groups excluding carboxylic acids is 1. The van der Waals surface area contributed by atoms with E-state index >= 15 is 0 Å². The van der Waals surface area contributed by atoms with Gasteiger partial charge < -0.3 is 14.6 Å². The van der Waals surface area contributed by atoms with Crippen molar-refractivity contribution in [2.75, 3.05) is 13.7 Å². The van der Waals surface area contributed by atoms with Gasteiger partial charge in [-0.25, -0.2) is 0 Å². The van der Waals surface area contributed by atoms with Gasteiger partial charge in [0, 0.05) is 30.6 Å². The predicted molar refractivity (Wildman–Crippen MR) is 82.4 cm³/mol. The molecule has 0 aliphatic rings. The molecule has 0 aliphatic carbocycles. The number of carbonyl (C=O) groups is 1. The van der Waals surface area contributed by atoms with Gasteiger partial charge in [0.25, 0.3) is 10.1 Å². The van der Waals surface area contributed by atoms with E-state index in [2.05, 4.69) is 5.32 Å². The van der Waals surface area contributed by atoms with Crippen LogP contribution in [0.25, 0.3) is 10.9 Å². The van der Waals surface area contributed by atoms with E-state index in [1.807, 2.05) is 0 Å². The second-order valence-corrected chi connectivity index (χ2v) is 6.37. The molecule has 1 heterocycles. The van der Waals surface area contributed by atoms with E-state index in [0.29, 0.717) is 24.2 Å². The second-order valence-electron chi connectivity index (χ2n) is 4.95. The molecule has 0 spiro atoms. The number of ether oxygens (including phenoxy) is 1. The van der Waals surface area contributed by atoms with E-state index in [1.54, 1.807) is 31.5 Å². The fraction of sp³-hybridized carbons (Fsp3) is 0.357. The van der Waals surface area contributed by atoms with Crippen molar-refractivity contribution in [3.63, 3.8) is 0 Å². The highest BCUT2D eigenvalue weighted by Gasteiger charge is 2.14. The van der Waals surface area contributed by atoms with Crippen molar-refractivity contribution in [1.29, 1.82) is 0 Å². The molecule has 120 valence electrons. The Morgan fingerprint density at radius 2 is 2.14 bits per heavy atom. The third-order valence-corrected chi connectivity index (χ3v) is 3.85. The zero-order valence-electron chi connectivity index (χ0n) is 12.4. The maximum Gasteiger partial charge on any atom is 0.283 e. The SMILES string of the molecule is COc1ccc2c(c1)c(CCNC(C)=O)cn2CS(=O)(=O)O. The summed E-state index contributed by atoms with van der Waals surface area (Å²) in [5, 5.41) is 3.52. The minimum absolute atomic E-state index is 0.126. The number of nitrogens with one attached hydrogen (secondary N) is 1. The van der Waals surface area contributed by atoms with Gasteiger partial charge in [-0.05, 0) is 30.2 Å². The summed E-state index contributed by atoms with van der Waals surface area (Å²) in [6.07, 6.45) is 2.21. The van der Waals surface area contributed by atoms with Crippen LogP contribution in [-0.4, -0.2) is 37.1 Å². The van der Waals surface area contributed by atoms with E-state index in [1.165, 1.54) is 11.5 Å². The van der Waals surface area contributed by atoms with Crippen molar-refractivity contribution in [1.82, 2.24) is 9.88 Å². The van der Waals surface area contributed by atoms with Crippen molar-refractivity contribution in [3.8, 4) is 5.75 Å². The lowest BCUT2D eigenvalue weighted by molar-refractivity contribution is -0.118. The van der Waals surface area contributed by atoms with E-state index in [0.717, 1.165) is 10.9 Å². The summed E-state index contributed by atoms with van der Waals surface area (Å²) in [7, 11) is -2.59. The largest absolute Gasteiger partial charge is 0.497 e. The van der Waals surface area contributed by atoms with Crippen LogP contribution in [0.1, 0.15) is 12.5 Å². The van der Waals surface area contributed by atoms with Crippen molar-refractivity contribution in [2.45, 2.75) is 19.2 Å². The summed E-state index contributed by atoms with van der Waals surface area (Å²) in [6.45, 7) is 1.88. The molecule has 0 saturated carbocycles. The van der Waals surface area contributed by atoms with E-state index < -0.39 is 16.0 Å². The first kappa shape index (κ1) is 16.3. The van der Waals surface area contributed by atoms with Crippen LogP contribution in [-0.2, 0) is 27.2 Å². The molecule has 2 N–H and O–H groups in total. The summed E-state index contributed by atoms with van der Waals surface area (Å²) in [5.74, 6) is 0.00724. The summed E-state index contributed by atoms with van der Waals surface area (Å²) >= 11 is 0. The van der Waals surface area contributed by atoms with Gasteiger partial charge >= 0.3 is 0 Å². The molecular formula is C14H18N2O5S. The molecule has 0 fully saturated rings. The molecule has 8 heteroatoms. The number of methoxy groups -OCH3 is 1. The van der Waals surface area contributed by atoms with Gasteiger partial charge in [0.1, 0.15) is 11.6 Å². The van der Waals surface area contributed by atoms with Crippen LogP contribution >= 0.6 is 0 Å². The van der Waals surface area contributed by atoms with Gasteiger partial charge in [-0.2, -0.15) is 8.42 Å². The molecule has 1 amide bonds. The van der Waals surface area contributed by atoms with Crippen molar-refractivity contribution >= 4 is 26.9 Å². The molecule has 7 nitrogen and oxygen atoms in total. The number of aromatic nitrogens is 1. The molecule has 1 aromatic carbocycles. The smallest absolute Gasteiger partial charge is 0.283 e. The molecule has 0 aliphatic heterocycles. The lowest BCUT2D eigenvalue weighted by Crippen LogP contribution is -2.22. The number of hydrogen-bond donors (Lipinski definition) is 2.